The summed E-state index contributed by atoms with van der Waals surface area (Å²) < 4.78 is 16.5. The molecule has 0 saturated heterocycles. The predicted molar refractivity (Wildman–Crippen MR) is 43.0 cm³/mol. The van der Waals surface area contributed by atoms with Gasteiger partial charge in [-0.1, -0.05) is 0 Å². The Morgan fingerprint density at radius 2 is 2.42 bits per heavy atom. The molecule has 1 N–H and O–H groups in total. The highest BCUT2D eigenvalue weighted by Crippen LogP contribution is 2.07. The maximum absolute atomic E-state index is 11.7. The van der Waals surface area contributed by atoms with Crippen LogP contribution in [0, 0.1) is 0 Å². The monoisotopic (exact) mass is 171 g/mol. The average Bonchev–Trinajstić information content (AvgIpc) is 2.15. The van der Waals surface area contributed by atoms with Crippen LogP contribution in [0.15, 0.2) is 12.4 Å². The molecule has 0 aliphatic heterocycles. The van der Waals surface area contributed by atoms with E-state index >= 15 is 0 Å². The summed E-state index contributed by atoms with van der Waals surface area (Å²) in [5.74, 6) is 0.936. The fraction of sp³-hybridized carbons (Fsp3) is 0.429. The van der Waals surface area contributed by atoms with Gasteiger partial charge in [0.05, 0.1) is 19.5 Å². The van der Waals surface area contributed by atoms with Crippen LogP contribution in [0.3, 0.4) is 0 Å². The highest BCUT2D eigenvalue weighted by atomic mass is 19.1. The lowest BCUT2D eigenvalue weighted by Crippen LogP contribution is -2.05. The summed E-state index contributed by atoms with van der Waals surface area (Å²) in [6, 6.07) is 0. The summed E-state index contributed by atoms with van der Waals surface area (Å²) in [6.07, 6.45) is 3.00. The van der Waals surface area contributed by atoms with Crippen molar-refractivity contribution in [3.05, 3.63) is 12.4 Å². The Kier molecular flexibility index (Phi) is 3.25. The van der Waals surface area contributed by atoms with Crippen LogP contribution in [-0.2, 0) is 0 Å². The Labute approximate surface area is 69.8 Å². The lowest BCUT2D eigenvalue weighted by molar-refractivity contribution is 0.396. The lowest BCUT2D eigenvalue weighted by Gasteiger charge is -2.02. The number of methoxy groups -OCH3 is 1. The van der Waals surface area contributed by atoms with E-state index in [4.69, 9.17) is 4.74 Å². The molecule has 0 spiro atoms. The molecule has 0 atom stereocenters. The number of halogens is 1. The van der Waals surface area contributed by atoms with Gasteiger partial charge in [0.25, 0.3) is 0 Å². The second-order valence-electron chi connectivity index (χ2n) is 2.06. The minimum atomic E-state index is -0.432. The van der Waals surface area contributed by atoms with Crippen LogP contribution in [0.1, 0.15) is 0 Å². The second kappa shape index (κ2) is 4.48. The summed E-state index contributed by atoms with van der Waals surface area (Å²) in [6.45, 7) is -0.194. The van der Waals surface area contributed by atoms with Gasteiger partial charge in [-0.2, -0.15) is 4.98 Å². The molecule has 12 heavy (non-hydrogen) atoms. The summed E-state index contributed by atoms with van der Waals surface area (Å²) in [5.41, 5.74) is 0. The maximum atomic E-state index is 11.7. The van der Waals surface area contributed by atoms with Gasteiger partial charge in [0.15, 0.2) is 0 Å². The van der Waals surface area contributed by atoms with Gasteiger partial charge in [0, 0.05) is 6.54 Å². The van der Waals surface area contributed by atoms with Gasteiger partial charge in [-0.05, 0) is 0 Å². The van der Waals surface area contributed by atoms with Crippen molar-refractivity contribution >= 4 is 5.82 Å². The molecule has 0 amide bonds. The van der Waals surface area contributed by atoms with Crippen molar-refractivity contribution in [2.45, 2.75) is 0 Å². The molecule has 66 valence electrons. The van der Waals surface area contributed by atoms with E-state index in [1.165, 1.54) is 19.5 Å². The number of alkyl halides is 1. The molecule has 5 heteroatoms. The maximum Gasteiger partial charge on any atom is 0.233 e. The Morgan fingerprint density at radius 3 is 3.08 bits per heavy atom. The van der Waals surface area contributed by atoms with E-state index in [-0.39, 0.29) is 6.54 Å². The van der Waals surface area contributed by atoms with Gasteiger partial charge in [-0.3, -0.25) is 4.98 Å². The molecule has 1 aromatic rings. The van der Waals surface area contributed by atoms with Crippen molar-refractivity contribution in [1.82, 2.24) is 9.97 Å². The normalized spacial score (nSPS) is 9.50. The Morgan fingerprint density at radius 1 is 1.58 bits per heavy atom. The van der Waals surface area contributed by atoms with Crippen LogP contribution in [0.25, 0.3) is 0 Å². The zero-order chi connectivity index (χ0) is 8.81. The van der Waals surface area contributed by atoms with E-state index in [2.05, 4.69) is 15.3 Å². The first-order valence-electron chi connectivity index (χ1n) is 3.52. The second-order valence-corrected chi connectivity index (χ2v) is 2.06. The number of hydrogen-bond acceptors (Lipinski definition) is 4. The highest BCUT2D eigenvalue weighted by molar-refractivity contribution is 5.32. The van der Waals surface area contributed by atoms with Gasteiger partial charge in [-0.25, -0.2) is 4.39 Å². The van der Waals surface area contributed by atoms with E-state index in [1.54, 1.807) is 0 Å². The summed E-state index contributed by atoms with van der Waals surface area (Å²) in [5, 5.41) is 2.74. The average molecular weight is 171 g/mol. The van der Waals surface area contributed by atoms with Crippen molar-refractivity contribution in [1.29, 1.82) is 0 Å². The van der Waals surface area contributed by atoms with E-state index < -0.39 is 6.67 Å². The van der Waals surface area contributed by atoms with Crippen LogP contribution in [0.2, 0.25) is 0 Å². The molecule has 1 rings (SSSR count). The van der Waals surface area contributed by atoms with E-state index in [0.29, 0.717) is 11.7 Å². The van der Waals surface area contributed by atoms with Crippen molar-refractivity contribution < 1.29 is 9.13 Å². The minimum Gasteiger partial charge on any atom is -0.480 e. The van der Waals surface area contributed by atoms with Gasteiger partial charge >= 0.3 is 0 Å². The standard InChI is InChI=1S/C7H10FN3O/c1-12-7-5-9-4-6(11-7)10-3-2-8/h4-5H,2-3H2,1H3,(H,10,11). The summed E-state index contributed by atoms with van der Waals surface area (Å²) in [4.78, 5) is 7.80. The molecule has 1 aromatic heterocycles. The first-order valence-corrected chi connectivity index (χ1v) is 3.52. The fourth-order valence-electron chi connectivity index (χ4n) is 0.707. The van der Waals surface area contributed by atoms with E-state index in [1.807, 2.05) is 0 Å². The molecule has 1 heterocycles. The van der Waals surface area contributed by atoms with E-state index in [0.717, 1.165) is 0 Å². The molecule has 0 aliphatic carbocycles. The zero-order valence-corrected chi connectivity index (χ0v) is 6.75. The first kappa shape index (κ1) is 8.70. The fourth-order valence-corrected chi connectivity index (χ4v) is 0.707. The van der Waals surface area contributed by atoms with Crippen molar-refractivity contribution in [2.24, 2.45) is 0 Å². The number of hydrogen-bond donors (Lipinski definition) is 1. The number of ether oxygens (including phenoxy) is 1. The third kappa shape index (κ3) is 2.34. The Hall–Kier alpha value is -1.39. The SMILES string of the molecule is COc1cncc(NCCF)n1. The largest absolute Gasteiger partial charge is 0.480 e. The summed E-state index contributed by atoms with van der Waals surface area (Å²) in [7, 11) is 1.50. The van der Waals surface area contributed by atoms with Crippen LogP contribution >= 0.6 is 0 Å². The number of nitrogens with one attached hydrogen (secondary N) is 1. The van der Waals surface area contributed by atoms with Crippen LogP contribution < -0.4 is 10.1 Å². The molecule has 0 aliphatic rings. The van der Waals surface area contributed by atoms with Gasteiger partial charge < -0.3 is 10.1 Å². The molecule has 4 nitrogen and oxygen atoms in total. The van der Waals surface area contributed by atoms with Gasteiger partial charge in [-0.15, -0.1) is 0 Å². The quantitative estimate of drug-likeness (QED) is 0.730. The molecule has 0 fully saturated rings. The van der Waals surface area contributed by atoms with Crippen molar-refractivity contribution in [3.8, 4) is 5.88 Å². The number of aromatic nitrogens is 2. The smallest absolute Gasteiger partial charge is 0.233 e. The lowest BCUT2D eigenvalue weighted by atomic mass is 10.6. The molecule has 0 unspecified atom stereocenters. The summed E-state index contributed by atoms with van der Waals surface area (Å²) >= 11 is 0. The van der Waals surface area contributed by atoms with Crippen LogP contribution in [-0.4, -0.2) is 30.3 Å². The Bertz CT molecular complexity index is 244. The topological polar surface area (TPSA) is 47.0 Å². The highest BCUT2D eigenvalue weighted by Gasteiger charge is 1.95. The molecule has 0 radical (unpaired) electrons. The molecule has 0 saturated carbocycles. The van der Waals surface area contributed by atoms with Gasteiger partial charge in [0.1, 0.15) is 12.5 Å². The van der Waals surface area contributed by atoms with Crippen molar-refractivity contribution in [3.63, 3.8) is 0 Å². The number of nitrogens with zero attached hydrogens (tertiary/aromatic N) is 2. The van der Waals surface area contributed by atoms with E-state index in [9.17, 15) is 4.39 Å². The Balaban J connectivity index is 2.60. The van der Waals surface area contributed by atoms with Crippen LogP contribution in [0.4, 0.5) is 10.2 Å². The van der Waals surface area contributed by atoms with Crippen LogP contribution in [0.5, 0.6) is 5.88 Å². The number of anilines is 1. The third-order valence-corrected chi connectivity index (χ3v) is 1.22. The number of rotatable bonds is 4. The molecular weight excluding hydrogens is 161 g/mol. The minimum absolute atomic E-state index is 0.238. The predicted octanol–water partition coefficient (Wildman–Crippen LogP) is 0.867. The first-order chi connectivity index (χ1) is 5.86. The molecule has 0 aromatic carbocycles. The van der Waals surface area contributed by atoms with Gasteiger partial charge in [0.2, 0.25) is 5.88 Å². The third-order valence-electron chi connectivity index (χ3n) is 1.22. The zero-order valence-electron chi connectivity index (χ0n) is 6.75. The van der Waals surface area contributed by atoms with Crippen molar-refractivity contribution in [2.75, 3.05) is 25.6 Å². The molecule has 0 bridgehead atoms. The molecular formula is C7H10FN3O.